The lowest BCUT2D eigenvalue weighted by Gasteiger charge is -2.32. The number of nitrogens with zero attached hydrogens (tertiary/aromatic N) is 5. The van der Waals surface area contributed by atoms with Crippen LogP contribution < -0.4 is 10.1 Å². The highest BCUT2D eigenvalue weighted by molar-refractivity contribution is 5.95. The van der Waals surface area contributed by atoms with E-state index in [0.29, 0.717) is 17.1 Å². The number of hydrogen-bond acceptors (Lipinski definition) is 6. The van der Waals surface area contributed by atoms with Gasteiger partial charge in [-0.1, -0.05) is 6.92 Å². The van der Waals surface area contributed by atoms with Crippen molar-refractivity contribution in [2.75, 3.05) is 26.7 Å². The Morgan fingerprint density at radius 1 is 1.37 bits per heavy atom. The lowest BCUT2D eigenvalue weighted by molar-refractivity contribution is -0.143. The molecule has 0 saturated carbocycles. The van der Waals surface area contributed by atoms with E-state index >= 15 is 0 Å². The summed E-state index contributed by atoms with van der Waals surface area (Å²) < 4.78 is 46.7. The molecule has 1 N–H and O–H groups in total. The average molecular weight is 426 g/mol. The molecule has 8 nitrogen and oxygen atoms in total. The van der Waals surface area contributed by atoms with Crippen LogP contribution in [-0.2, 0) is 6.18 Å². The summed E-state index contributed by atoms with van der Waals surface area (Å²) in [5, 5.41) is 13.8. The van der Waals surface area contributed by atoms with Crippen molar-refractivity contribution >= 4 is 5.91 Å². The standard InChI is InChI=1S/C19H25F3N6O2/c1-12-5-4-8-27(10-12)11-13(2)24-18(29)14-9-23-28(17(14)19(20,21)22)15-6-7-16(30-3)26-25-15/h6-7,9,12-13H,4-5,8,10-11H2,1-3H3,(H,24,29). The van der Waals surface area contributed by atoms with Crippen molar-refractivity contribution < 1.29 is 22.7 Å². The summed E-state index contributed by atoms with van der Waals surface area (Å²) in [6, 6.07) is 2.34. The summed E-state index contributed by atoms with van der Waals surface area (Å²) in [4.78, 5) is 14.9. The van der Waals surface area contributed by atoms with Crippen molar-refractivity contribution in [3.8, 4) is 11.7 Å². The topological polar surface area (TPSA) is 85.2 Å². The third-order valence-corrected chi connectivity index (χ3v) is 4.99. The highest BCUT2D eigenvalue weighted by Gasteiger charge is 2.41. The molecule has 30 heavy (non-hydrogen) atoms. The SMILES string of the molecule is COc1ccc(-n2ncc(C(=O)NC(C)CN3CCCC(C)C3)c2C(F)(F)F)nn1. The Hall–Kier alpha value is -2.69. The number of alkyl halides is 3. The Morgan fingerprint density at radius 3 is 2.73 bits per heavy atom. The number of amides is 1. The molecule has 1 fully saturated rings. The van der Waals surface area contributed by atoms with Crippen LogP contribution in [-0.4, -0.2) is 63.6 Å². The van der Waals surface area contributed by atoms with Crippen LogP contribution in [0.25, 0.3) is 5.82 Å². The molecule has 3 rings (SSSR count). The summed E-state index contributed by atoms with van der Waals surface area (Å²) in [5.41, 5.74) is -1.75. The Morgan fingerprint density at radius 2 is 2.13 bits per heavy atom. The number of aromatic nitrogens is 4. The second kappa shape index (κ2) is 8.99. The van der Waals surface area contributed by atoms with Crippen molar-refractivity contribution in [3.05, 3.63) is 29.6 Å². The Labute approximate surface area is 172 Å². The maximum absolute atomic E-state index is 13.8. The van der Waals surface area contributed by atoms with E-state index < -0.39 is 23.3 Å². The van der Waals surface area contributed by atoms with Crippen molar-refractivity contribution in [1.82, 2.24) is 30.2 Å². The Balaban J connectivity index is 1.79. The van der Waals surface area contributed by atoms with E-state index in [9.17, 15) is 18.0 Å². The van der Waals surface area contributed by atoms with Crippen molar-refractivity contribution in [3.63, 3.8) is 0 Å². The second-order valence-electron chi connectivity index (χ2n) is 7.63. The lowest BCUT2D eigenvalue weighted by Crippen LogP contribution is -2.45. The minimum atomic E-state index is -4.81. The summed E-state index contributed by atoms with van der Waals surface area (Å²) in [6.45, 7) is 6.37. The predicted molar refractivity (Wildman–Crippen MR) is 102 cm³/mol. The predicted octanol–water partition coefficient (Wildman–Crippen LogP) is 2.54. The van der Waals surface area contributed by atoms with Crippen LogP contribution in [0.2, 0.25) is 0 Å². The van der Waals surface area contributed by atoms with Crippen molar-refractivity contribution in [2.24, 2.45) is 5.92 Å². The molecule has 11 heteroatoms. The molecule has 1 aliphatic heterocycles. The molecular formula is C19H25F3N6O2. The van der Waals surface area contributed by atoms with Gasteiger partial charge in [-0.25, -0.2) is 4.68 Å². The maximum atomic E-state index is 13.8. The highest BCUT2D eigenvalue weighted by atomic mass is 19.4. The fraction of sp³-hybridized carbons (Fsp3) is 0.579. The van der Waals surface area contributed by atoms with Gasteiger partial charge < -0.3 is 15.0 Å². The monoisotopic (exact) mass is 426 g/mol. The van der Waals surface area contributed by atoms with Crippen LogP contribution in [0.3, 0.4) is 0 Å². The average Bonchev–Trinajstić information content (AvgIpc) is 3.14. The summed E-state index contributed by atoms with van der Waals surface area (Å²) in [7, 11) is 1.37. The lowest BCUT2D eigenvalue weighted by atomic mass is 10.00. The zero-order chi connectivity index (χ0) is 21.9. The minimum Gasteiger partial charge on any atom is -0.480 e. The quantitative estimate of drug-likeness (QED) is 0.764. The smallest absolute Gasteiger partial charge is 0.434 e. The third-order valence-electron chi connectivity index (χ3n) is 4.99. The molecule has 2 aromatic heterocycles. The number of methoxy groups -OCH3 is 1. The van der Waals surface area contributed by atoms with Gasteiger partial charge in [0.15, 0.2) is 11.5 Å². The van der Waals surface area contributed by atoms with Crippen LogP contribution >= 0.6 is 0 Å². The molecule has 0 radical (unpaired) electrons. The van der Waals surface area contributed by atoms with Crippen LogP contribution in [0.15, 0.2) is 18.3 Å². The molecule has 2 aromatic rings. The molecule has 0 bridgehead atoms. The zero-order valence-electron chi connectivity index (χ0n) is 17.1. The van der Waals surface area contributed by atoms with Gasteiger partial charge in [0.1, 0.15) is 0 Å². The third kappa shape index (κ3) is 5.07. The first kappa shape index (κ1) is 22.0. The van der Waals surface area contributed by atoms with E-state index in [2.05, 4.69) is 32.4 Å². The van der Waals surface area contributed by atoms with Gasteiger partial charge in [-0.15, -0.1) is 10.2 Å². The number of halogens is 3. The number of piperidine rings is 1. The first-order chi connectivity index (χ1) is 14.2. The van der Waals surface area contributed by atoms with Crippen LogP contribution in [0, 0.1) is 5.92 Å². The van der Waals surface area contributed by atoms with Crippen LogP contribution in [0.5, 0.6) is 5.88 Å². The van der Waals surface area contributed by atoms with Crippen molar-refractivity contribution in [1.29, 1.82) is 0 Å². The van der Waals surface area contributed by atoms with Crippen LogP contribution in [0.1, 0.15) is 42.7 Å². The van der Waals surface area contributed by atoms with Gasteiger partial charge in [0.05, 0.1) is 18.9 Å². The van der Waals surface area contributed by atoms with E-state index in [1.807, 2.05) is 0 Å². The number of carbonyl (C=O) groups is 1. The molecule has 1 aliphatic rings. The molecule has 1 saturated heterocycles. The van der Waals surface area contributed by atoms with Gasteiger partial charge in [0.25, 0.3) is 5.91 Å². The zero-order valence-corrected chi connectivity index (χ0v) is 17.1. The van der Waals surface area contributed by atoms with Gasteiger partial charge in [0.2, 0.25) is 5.88 Å². The van der Waals surface area contributed by atoms with E-state index in [4.69, 9.17) is 4.74 Å². The number of carbonyl (C=O) groups excluding carboxylic acids is 1. The molecule has 0 spiro atoms. The number of hydrogen-bond donors (Lipinski definition) is 1. The number of nitrogens with one attached hydrogen (secondary N) is 1. The normalized spacial score (nSPS) is 18.8. The maximum Gasteiger partial charge on any atom is 0.434 e. The molecule has 2 atom stereocenters. The molecule has 164 valence electrons. The van der Waals surface area contributed by atoms with E-state index in [-0.39, 0.29) is 17.7 Å². The second-order valence-corrected chi connectivity index (χ2v) is 7.63. The van der Waals surface area contributed by atoms with Gasteiger partial charge >= 0.3 is 6.18 Å². The number of ether oxygens (including phenoxy) is 1. The largest absolute Gasteiger partial charge is 0.480 e. The van der Waals surface area contributed by atoms with E-state index in [0.717, 1.165) is 25.7 Å². The molecule has 3 heterocycles. The first-order valence-corrected chi connectivity index (χ1v) is 9.75. The van der Waals surface area contributed by atoms with Gasteiger partial charge in [0, 0.05) is 25.2 Å². The fourth-order valence-corrected chi connectivity index (χ4v) is 3.68. The van der Waals surface area contributed by atoms with Gasteiger partial charge in [-0.2, -0.15) is 18.3 Å². The summed E-state index contributed by atoms with van der Waals surface area (Å²) >= 11 is 0. The summed E-state index contributed by atoms with van der Waals surface area (Å²) in [6.07, 6.45) is -1.66. The fourth-order valence-electron chi connectivity index (χ4n) is 3.68. The van der Waals surface area contributed by atoms with E-state index in [1.165, 1.54) is 25.7 Å². The highest BCUT2D eigenvalue weighted by Crippen LogP contribution is 2.33. The van der Waals surface area contributed by atoms with Gasteiger partial charge in [-0.05, 0) is 38.3 Å². The molecule has 0 aliphatic carbocycles. The molecule has 1 amide bonds. The van der Waals surface area contributed by atoms with E-state index in [1.54, 1.807) is 6.92 Å². The first-order valence-electron chi connectivity index (χ1n) is 9.75. The van der Waals surface area contributed by atoms with Gasteiger partial charge in [-0.3, -0.25) is 4.79 Å². The molecular weight excluding hydrogens is 401 g/mol. The molecule has 2 unspecified atom stereocenters. The Bertz CT molecular complexity index is 868. The Kier molecular flexibility index (Phi) is 6.59. The molecule has 0 aromatic carbocycles. The summed E-state index contributed by atoms with van der Waals surface area (Å²) in [5.74, 6) is -0.272. The number of likely N-dealkylation sites (tertiary alicyclic amines) is 1. The van der Waals surface area contributed by atoms with Crippen LogP contribution in [0.4, 0.5) is 13.2 Å². The van der Waals surface area contributed by atoms with Crippen molar-refractivity contribution in [2.45, 2.75) is 38.9 Å². The minimum absolute atomic E-state index is 0.151. The number of rotatable bonds is 6.